The van der Waals surface area contributed by atoms with Crippen LogP contribution >= 0.6 is 0 Å². The molecule has 3 rings (SSSR count). The molecule has 3 aromatic rings. The third-order valence-corrected chi connectivity index (χ3v) is 3.41. The lowest BCUT2D eigenvalue weighted by Crippen LogP contribution is -1.93. The average molecular weight is 312 g/mol. The summed E-state index contributed by atoms with van der Waals surface area (Å²) < 4.78 is 16.4. The van der Waals surface area contributed by atoms with Crippen LogP contribution in [0.15, 0.2) is 42.6 Å². The number of pyridine rings is 1. The van der Waals surface area contributed by atoms with Gasteiger partial charge in [0.05, 0.1) is 19.7 Å². The highest BCUT2D eigenvalue weighted by Crippen LogP contribution is 2.38. The molecule has 6 heteroatoms. The van der Waals surface area contributed by atoms with Gasteiger partial charge in [0, 0.05) is 29.4 Å². The predicted molar refractivity (Wildman–Crippen MR) is 87.4 cm³/mol. The fourth-order valence-electron chi connectivity index (χ4n) is 2.28. The predicted octanol–water partition coefficient (Wildman–Crippen LogP) is 3.33. The van der Waals surface area contributed by atoms with Gasteiger partial charge in [-0.05, 0) is 24.3 Å². The summed E-state index contributed by atoms with van der Waals surface area (Å²) in [6.07, 6.45) is 1.62. The second-order valence-electron chi connectivity index (χ2n) is 4.86. The van der Waals surface area contributed by atoms with E-state index in [1.807, 2.05) is 0 Å². The smallest absolute Gasteiger partial charge is 0.169 e. The number of methoxy groups -OCH3 is 2. The fourth-order valence-corrected chi connectivity index (χ4v) is 2.28. The summed E-state index contributed by atoms with van der Waals surface area (Å²) >= 11 is 0. The minimum atomic E-state index is -0.0320. The number of phenols is 1. The quantitative estimate of drug-likeness (QED) is 0.719. The number of benzene rings is 2. The van der Waals surface area contributed by atoms with Crippen LogP contribution in [0.2, 0.25) is 0 Å². The summed E-state index contributed by atoms with van der Waals surface area (Å²) in [5.41, 5.74) is 6.77. The van der Waals surface area contributed by atoms with E-state index in [0.717, 1.165) is 5.39 Å². The Bertz CT molecular complexity index is 865. The zero-order valence-electron chi connectivity index (χ0n) is 12.7. The molecule has 0 atom stereocenters. The number of aromatic hydroxyl groups is 1. The summed E-state index contributed by atoms with van der Waals surface area (Å²) in [4.78, 5) is 4.31. The summed E-state index contributed by atoms with van der Waals surface area (Å²) in [5.74, 6) is 1.97. The van der Waals surface area contributed by atoms with Crippen molar-refractivity contribution in [2.24, 2.45) is 0 Å². The molecule has 0 aliphatic heterocycles. The van der Waals surface area contributed by atoms with Gasteiger partial charge in [-0.3, -0.25) is 4.98 Å². The molecule has 0 bridgehead atoms. The molecule has 0 saturated carbocycles. The van der Waals surface area contributed by atoms with E-state index in [0.29, 0.717) is 34.2 Å². The van der Waals surface area contributed by atoms with Crippen LogP contribution in [0.5, 0.6) is 28.7 Å². The first kappa shape index (κ1) is 14.8. The van der Waals surface area contributed by atoms with E-state index in [2.05, 4.69) is 4.98 Å². The van der Waals surface area contributed by atoms with Crippen molar-refractivity contribution in [2.75, 3.05) is 20.0 Å². The number of anilines is 1. The molecular weight excluding hydrogens is 296 g/mol. The Morgan fingerprint density at radius 3 is 2.35 bits per heavy atom. The van der Waals surface area contributed by atoms with Gasteiger partial charge in [0.25, 0.3) is 0 Å². The summed E-state index contributed by atoms with van der Waals surface area (Å²) in [7, 11) is 3.13. The molecule has 0 aliphatic carbocycles. The number of rotatable bonds is 4. The first-order valence-corrected chi connectivity index (χ1v) is 6.89. The molecule has 0 fully saturated rings. The van der Waals surface area contributed by atoms with E-state index >= 15 is 0 Å². The molecule has 6 nitrogen and oxygen atoms in total. The highest BCUT2D eigenvalue weighted by Gasteiger charge is 2.12. The van der Waals surface area contributed by atoms with E-state index in [-0.39, 0.29) is 5.75 Å². The number of nitrogens with two attached hydrogens (primary N) is 1. The minimum Gasteiger partial charge on any atom is -0.504 e. The summed E-state index contributed by atoms with van der Waals surface area (Å²) in [5, 5.41) is 10.7. The number of fused-ring (bicyclic) bond motifs is 1. The van der Waals surface area contributed by atoms with Crippen molar-refractivity contribution in [3.05, 3.63) is 42.6 Å². The second-order valence-corrected chi connectivity index (χ2v) is 4.86. The Labute approximate surface area is 133 Å². The van der Waals surface area contributed by atoms with Crippen molar-refractivity contribution in [2.45, 2.75) is 0 Å². The maximum absolute atomic E-state index is 9.94. The van der Waals surface area contributed by atoms with Crippen LogP contribution < -0.4 is 19.9 Å². The van der Waals surface area contributed by atoms with Gasteiger partial charge in [0.15, 0.2) is 23.0 Å². The molecule has 0 amide bonds. The topological polar surface area (TPSA) is 86.8 Å². The molecule has 0 saturated heterocycles. The van der Waals surface area contributed by atoms with Crippen molar-refractivity contribution >= 4 is 16.6 Å². The van der Waals surface area contributed by atoms with Gasteiger partial charge in [-0.1, -0.05) is 0 Å². The molecular formula is C17H16N2O4. The zero-order valence-corrected chi connectivity index (χ0v) is 12.7. The first-order chi connectivity index (χ1) is 11.1. The maximum atomic E-state index is 9.94. The highest BCUT2D eigenvalue weighted by molar-refractivity contribution is 5.88. The number of hydrogen-bond acceptors (Lipinski definition) is 6. The Morgan fingerprint density at radius 1 is 0.913 bits per heavy atom. The lowest BCUT2D eigenvalue weighted by molar-refractivity contribution is 0.355. The summed E-state index contributed by atoms with van der Waals surface area (Å²) in [6.45, 7) is 0. The standard InChI is InChI=1S/C17H16N2O4/c1-21-16-8-11-12(9-17(16)22-2)19-6-5-14(11)23-15-4-3-10(18)7-13(15)20/h3-9,20H,18H2,1-2H3. The number of aromatic nitrogens is 1. The van der Waals surface area contributed by atoms with Crippen molar-refractivity contribution < 1.29 is 19.3 Å². The largest absolute Gasteiger partial charge is 0.504 e. The van der Waals surface area contributed by atoms with Gasteiger partial charge in [-0.15, -0.1) is 0 Å². The molecule has 2 aromatic carbocycles. The minimum absolute atomic E-state index is 0.0320. The lowest BCUT2D eigenvalue weighted by Gasteiger charge is -2.13. The third-order valence-electron chi connectivity index (χ3n) is 3.41. The van der Waals surface area contributed by atoms with Gasteiger partial charge < -0.3 is 25.1 Å². The van der Waals surface area contributed by atoms with Crippen LogP contribution in [0.4, 0.5) is 5.69 Å². The van der Waals surface area contributed by atoms with E-state index in [1.165, 1.54) is 6.07 Å². The highest BCUT2D eigenvalue weighted by atomic mass is 16.5. The molecule has 0 radical (unpaired) electrons. The molecule has 1 heterocycles. The van der Waals surface area contributed by atoms with Gasteiger partial charge >= 0.3 is 0 Å². The monoisotopic (exact) mass is 312 g/mol. The lowest BCUT2D eigenvalue weighted by atomic mass is 10.2. The van der Waals surface area contributed by atoms with Crippen molar-refractivity contribution in [3.8, 4) is 28.7 Å². The fraction of sp³-hybridized carbons (Fsp3) is 0.118. The molecule has 0 unspecified atom stereocenters. The Hall–Kier alpha value is -3.15. The van der Waals surface area contributed by atoms with E-state index < -0.39 is 0 Å². The molecule has 23 heavy (non-hydrogen) atoms. The van der Waals surface area contributed by atoms with Crippen molar-refractivity contribution in [3.63, 3.8) is 0 Å². The normalized spacial score (nSPS) is 10.5. The van der Waals surface area contributed by atoms with Crippen molar-refractivity contribution in [1.82, 2.24) is 4.98 Å². The van der Waals surface area contributed by atoms with Gasteiger partial charge in [0.1, 0.15) is 5.75 Å². The van der Waals surface area contributed by atoms with E-state index in [9.17, 15) is 5.11 Å². The van der Waals surface area contributed by atoms with Gasteiger partial charge in [0.2, 0.25) is 0 Å². The van der Waals surface area contributed by atoms with E-state index in [1.54, 1.807) is 50.7 Å². The van der Waals surface area contributed by atoms with Crippen LogP contribution in [0.25, 0.3) is 10.9 Å². The SMILES string of the molecule is COc1cc2nccc(Oc3ccc(N)cc3O)c2cc1OC. The number of nitrogens with zero attached hydrogens (tertiary/aromatic N) is 1. The maximum Gasteiger partial charge on any atom is 0.169 e. The van der Waals surface area contributed by atoms with Crippen LogP contribution in [0, 0.1) is 0 Å². The Morgan fingerprint density at radius 2 is 1.65 bits per heavy atom. The number of ether oxygens (including phenoxy) is 3. The van der Waals surface area contributed by atoms with Crippen LogP contribution in [0.1, 0.15) is 0 Å². The molecule has 3 N–H and O–H groups in total. The third kappa shape index (κ3) is 2.78. The molecule has 0 spiro atoms. The van der Waals surface area contributed by atoms with Gasteiger partial charge in [-0.25, -0.2) is 0 Å². The van der Waals surface area contributed by atoms with E-state index in [4.69, 9.17) is 19.9 Å². The van der Waals surface area contributed by atoms with Crippen LogP contribution in [-0.2, 0) is 0 Å². The average Bonchev–Trinajstić information content (AvgIpc) is 2.56. The molecule has 0 aliphatic rings. The van der Waals surface area contributed by atoms with Gasteiger partial charge in [-0.2, -0.15) is 0 Å². The first-order valence-electron chi connectivity index (χ1n) is 6.89. The number of hydrogen-bond donors (Lipinski definition) is 2. The number of nitrogen functional groups attached to an aromatic ring is 1. The number of phenolic OH excluding ortho intramolecular Hbond substituents is 1. The summed E-state index contributed by atoms with van der Waals surface area (Å²) in [6, 6.07) is 9.96. The Kier molecular flexibility index (Phi) is 3.80. The van der Waals surface area contributed by atoms with Crippen LogP contribution in [-0.4, -0.2) is 24.3 Å². The van der Waals surface area contributed by atoms with Crippen molar-refractivity contribution in [1.29, 1.82) is 0 Å². The Balaban J connectivity index is 2.10. The molecule has 118 valence electrons. The van der Waals surface area contributed by atoms with Crippen LogP contribution in [0.3, 0.4) is 0 Å². The molecule has 1 aromatic heterocycles. The zero-order chi connectivity index (χ0) is 16.4. The second kappa shape index (κ2) is 5.92.